The van der Waals surface area contributed by atoms with E-state index >= 15 is 0 Å². The normalized spacial score (nSPS) is 10.1. The molecule has 0 fully saturated rings. The number of nitrogens with zero attached hydrogens (tertiary/aromatic N) is 1. The molecule has 0 spiro atoms. The van der Waals surface area contributed by atoms with Crippen LogP contribution in [-0.2, 0) is 4.79 Å². The standard InChI is InChI=1S/C7H13NO/c1-4-5-6-8(3)7(2)9/h5-6H,4H2,1-3H3/b6-5+. The molecule has 0 saturated heterocycles. The van der Waals surface area contributed by atoms with Crippen molar-refractivity contribution in [2.45, 2.75) is 20.3 Å². The van der Waals surface area contributed by atoms with Gasteiger partial charge in [0, 0.05) is 20.2 Å². The average molecular weight is 127 g/mol. The van der Waals surface area contributed by atoms with Gasteiger partial charge in [-0.15, -0.1) is 0 Å². The van der Waals surface area contributed by atoms with Crippen LogP contribution in [0.25, 0.3) is 0 Å². The van der Waals surface area contributed by atoms with E-state index in [1.165, 1.54) is 0 Å². The highest BCUT2D eigenvalue weighted by molar-refractivity contribution is 5.73. The van der Waals surface area contributed by atoms with Crippen molar-refractivity contribution in [3.05, 3.63) is 12.3 Å². The van der Waals surface area contributed by atoms with Gasteiger partial charge in [-0.3, -0.25) is 4.79 Å². The third-order valence-corrected chi connectivity index (χ3v) is 1.06. The molecule has 0 heterocycles. The van der Waals surface area contributed by atoms with Crippen molar-refractivity contribution < 1.29 is 4.79 Å². The average Bonchev–Trinajstić information content (AvgIpc) is 1.82. The first-order valence-electron chi connectivity index (χ1n) is 3.08. The van der Waals surface area contributed by atoms with Crippen molar-refractivity contribution >= 4 is 5.91 Å². The van der Waals surface area contributed by atoms with Gasteiger partial charge in [-0.1, -0.05) is 13.0 Å². The summed E-state index contributed by atoms with van der Waals surface area (Å²) < 4.78 is 0. The Labute approximate surface area is 56.2 Å². The summed E-state index contributed by atoms with van der Waals surface area (Å²) in [6.07, 6.45) is 4.70. The third kappa shape index (κ3) is 3.76. The fourth-order valence-corrected chi connectivity index (χ4v) is 0.368. The topological polar surface area (TPSA) is 20.3 Å². The van der Waals surface area contributed by atoms with Crippen LogP contribution in [0, 0.1) is 0 Å². The summed E-state index contributed by atoms with van der Waals surface area (Å²) in [4.78, 5) is 12.1. The third-order valence-electron chi connectivity index (χ3n) is 1.06. The highest BCUT2D eigenvalue weighted by Gasteiger charge is 1.92. The largest absolute Gasteiger partial charge is 0.323 e. The molecule has 2 nitrogen and oxygen atoms in total. The van der Waals surface area contributed by atoms with Crippen LogP contribution in [-0.4, -0.2) is 17.9 Å². The maximum atomic E-state index is 10.5. The lowest BCUT2D eigenvalue weighted by Crippen LogP contribution is -2.16. The number of hydrogen-bond donors (Lipinski definition) is 0. The second-order valence-electron chi connectivity index (χ2n) is 1.92. The number of rotatable bonds is 2. The number of allylic oxidation sites excluding steroid dienone is 1. The predicted molar refractivity (Wildman–Crippen MR) is 37.9 cm³/mol. The minimum Gasteiger partial charge on any atom is -0.323 e. The second-order valence-corrected chi connectivity index (χ2v) is 1.92. The summed E-state index contributed by atoms with van der Waals surface area (Å²) in [5.74, 6) is 0.0692. The maximum Gasteiger partial charge on any atom is 0.223 e. The Balaban J connectivity index is 3.62. The Bertz CT molecular complexity index is 118. The van der Waals surface area contributed by atoms with Gasteiger partial charge in [-0.25, -0.2) is 0 Å². The molecule has 0 saturated carbocycles. The van der Waals surface area contributed by atoms with Crippen molar-refractivity contribution in [3.8, 4) is 0 Å². The fraction of sp³-hybridized carbons (Fsp3) is 0.571. The summed E-state index contributed by atoms with van der Waals surface area (Å²) in [5, 5.41) is 0. The van der Waals surface area contributed by atoms with Crippen molar-refractivity contribution in [2.75, 3.05) is 7.05 Å². The van der Waals surface area contributed by atoms with Crippen molar-refractivity contribution in [3.63, 3.8) is 0 Å². The molecule has 0 aromatic rings. The van der Waals surface area contributed by atoms with E-state index in [0.29, 0.717) is 0 Å². The highest BCUT2D eigenvalue weighted by atomic mass is 16.2. The quantitative estimate of drug-likeness (QED) is 0.549. The van der Waals surface area contributed by atoms with Crippen molar-refractivity contribution in [1.82, 2.24) is 4.90 Å². The highest BCUT2D eigenvalue weighted by Crippen LogP contribution is 1.86. The van der Waals surface area contributed by atoms with Crippen LogP contribution in [0.1, 0.15) is 20.3 Å². The Kier molecular flexibility index (Phi) is 3.76. The molecule has 0 bridgehead atoms. The fourth-order valence-electron chi connectivity index (χ4n) is 0.368. The maximum absolute atomic E-state index is 10.5. The molecule has 2 heteroatoms. The minimum atomic E-state index is 0.0692. The smallest absolute Gasteiger partial charge is 0.223 e. The van der Waals surface area contributed by atoms with E-state index < -0.39 is 0 Å². The predicted octanol–water partition coefficient (Wildman–Crippen LogP) is 1.39. The number of hydrogen-bond acceptors (Lipinski definition) is 1. The first kappa shape index (κ1) is 8.21. The van der Waals surface area contributed by atoms with Gasteiger partial charge in [0.2, 0.25) is 5.91 Å². The van der Waals surface area contributed by atoms with Crippen LogP contribution in [0.5, 0.6) is 0 Å². The van der Waals surface area contributed by atoms with E-state index in [1.54, 1.807) is 25.1 Å². The summed E-state index contributed by atoms with van der Waals surface area (Å²) in [6.45, 7) is 3.57. The summed E-state index contributed by atoms with van der Waals surface area (Å²) >= 11 is 0. The number of carbonyl (C=O) groups excluding carboxylic acids is 1. The van der Waals surface area contributed by atoms with E-state index in [2.05, 4.69) is 0 Å². The van der Waals surface area contributed by atoms with Gasteiger partial charge in [-0.2, -0.15) is 0 Å². The van der Waals surface area contributed by atoms with Crippen LogP contribution >= 0.6 is 0 Å². The SMILES string of the molecule is CC/C=C/N(C)C(C)=O. The molecule has 52 valence electrons. The summed E-state index contributed by atoms with van der Waals surface area (Å²) in [6, 6.07) is 0. The molecule has 0 atom stereocenters. The molecule has 0 unspecified atom stereocenters. The Hall–Kier alpha value is -0.790. The van der Waals surface area contributed by atoms with Crippen LogP contribution in [0.2, 0.25) is 0 Å². The lowest BCUT2D eigenvalue weighted by Gasteiger charge is -2.06. The monoisotopic (exact) mass is 127 g/mol. The van der Waals surface area contributed by atoms with Crippen LogP contribution in [0.3, 0.4) is 0 Å². The molecule has 0 aromatic heterocycles. The van der Waals surface area contributed by atoms with Gasteiger partial charge in [0.05, 0.1) is 0 Å². The molecule has 0 aliphatic heterocycles. The van der Waals surface area contributed by atoms with Gasteiger partial charge >= 0.3 is 0 Å². The van der Waals surface area contributed by atoms with Crippen LogP contribution < -0.4 is 0 Å². The van der Waals surface area contributed by atoms with Crippen molar-refractivity contribution in [1.29, 1.82) is 0 Å². The van der Waals surface area contributed by atoms with E-state index in [4.69, 9.17) is 0 Å². The van der Waals surface area contributed by atoms with Gasteiger partial charge in [0.25, 0.3) is 0 Å². The molecular formula is C7H13NO. The van der Waals surface area contributed by atoms with Crippen LogP contribution in [0.15, 0.2) is 12.3 Å². The second kappa shape index (κ2) is 4.13. The zero-order chi connectivity index (χ0) is 7.28. The Morgan fingerprint density at radius 1 is 1.67 bits per heavy atom. The van der Waals surface area contributed by atoms with Crippen LogP contribution in [0.4, 0.5) is 0 Å². The molecule has 1 amide bonds. The Morgan fingerprint density at radius 3 is 2.56 bits per heavy atom. The summed E-state index contributed by atoms with van der Waals surface area (Å²) in [5.41, 5.74) is 0. The molecule has 0 N–H and O–H groups in total. The van der Waals surface area contributed by atoms with E-state index in [1.807, 2.05) is 13.0 Å². The molecule has 0 rings (SSSR count). The van der Waals surface area contributed by atoms with Gasteiger partial charge in [0.1, 0.15) is 0 Å². The minimum absolute atomic E-state index is 0.0692. The number of amides is 1. The zero-order valence-electron chi connectivity index (χ0n) is 6.22. The van der Waals surface area contributed by atoms with Crippen molar-refractivity contribution in [2.24, 2.45) is 0 Å². The van der Waals surface area contributed by atoms with E-state index in [0.717, 1.165) is 6.42 Å². The lowest BCUT2D eigenvalue weighted by molar-refractivity contribution is -0.125. The molecule has 0 aliphatic carbocycles. The first-order chi connectivity index (χ1) is 4.18. The molecule has 0 aromatic carbocycles. The van der Waals surface area contributed by atoms with Gasteiger partial charge in [-0.05, 0) is 6.42 Å². The van der Waals surface area contributed by atoms with E-state index in [9.17, 15) is 4.79 Å². The van der Waals surface area contributed by atoms with Gasteiger partial charge < -0.3 is 4.90 Å². The zero-order valence-corrected chi connectivity index (χ0v) is 6.22. The molecular weight excluding hydrogens is 114 g/mol. The first-order valence-corrected chi connectivity index (χ1v) is 3.08. The van der Waals surface area contributed by atoms with Gasteiger partial charge in [0.15, 0.2) is 0 Å². The van der Waals surface area contributed by atoms with E-state index in [-0.39, 0.29) is 5.91 Å². The molecule has 9 heavy (non-hydrogen) atoms. The lowest BCUT2D eigenvalue weighted by atomic mass is 10.4. The molecule has 0 aliphatic rings. The Morgan fingerprint density at radius 2 is 2.22 bits per heavy atom. The summed E-state index contributed by atoms with van der Waals surface area (Å²) in [7, 11) is 1.74. The number of carbonyl (C=O) groups is 1. The molecule has 0 radical (unpaired) electrons.